The van der Waals surface area contributed by atoms with Crippen LogP contribution in [0.25, 0.3) is 90.5 Å². The van der Waals surface area contributed by atoms with Crippen molar-refractivity contribution in [2.24, 2.45) is 0 Å². The number of thiophene rings is 8. The van der Waals surface area contributed by atoms with E-state index in [1.165, 1.54) is 79.7 Å². The topological polar surface area (TPSA) is 129 Å². The number of allylic oxidation sites excluding steroid dienone is 6. The smallest absolute Gasteiger partial charge is 0.194 e. The third-order valence-corrected chi connectivity index (χ3v) is 24.5. The highest BCUT2D eigenvalue weighted by atomic mass is 32.1. The minimum atomic E-state index is -0.194. The van der Waals surface area contributed by atoms with Gasteiger partial charge in [0.1, 0.15) is 35.4 Å². The first-order valence-electron chi connectivity index (χ1n) is 22.6. The normalized spacial score (nSPS) is 16.6. The van der Waals surface area contributed by atoms with E-state index >= 15 is 0 Å². The number of Topliss-reactive ketones (excluding diaryl/α,β-unsaturated/α-hetero) is 2. The van der Waals surface area contributed by atoms with Crippen molar-refractivity contribution >= 4 is 154 Å². The van der Waals surface area contributed by atoms with E-state index in [0.717, 1.165) is 19.5 Å². The van der Waals surface area contributed by atoms with Gasteiger partial charge >= 0.3 is 0 Å². The van der Waals surface area contributed by atoms with Gasteiger partial charge in [0, 0.05) is 82.9 Å². The molecule has 2 aromatic carbocycles. The van der Waals surface area contributed by atoms with Crippen LogP contribution in [0.15, 0.2) is 107 Å². The Bertz CT molecular complexity index is 4230. The summed E-state index contributed by atoms with van der Waals surface area (Å²) >= 11 is 14.7. The Kier molecular flexibility index (Phi) is 9.32. The van der Waals surface area contributed by atoms with Gasteiger partial charge in [0.25, 0.3) is 0 Å². The van der Waals surface area contributed by atoms with Crippen LogP contribution in [0.5, 0.6) is 0 Å². The number of carbonyl (C=O) groups is 2. The highest BCUT2D eigenvalue weighted by Crippen LogP contribution is 2.68. The molecule has 0 saturated carbocycles. The first-order chi connectivity index (χ1) is 34.8. The molecule has 0 unspecified atom stereocenters. The van der Waals surface area contributed by atoms with E-state index in [9.17, 15) is 30.6 Å². The van der Waals surface area contributed by atoms with E-state index < -0.39 is 0 Å². The number of rotatable bonds is 4. The summed E-state index contributed by atoms with van der Waals surface area (Å²) < 4.78 is 8.07. The lowest BCUT2D eigenvalue weighted by Crippen LogP contribution is -2.15. The average molecular weight is 1070 g/mol. The summed E-state index contributed by atoms with van der Waals surface area (Å²) in [7, 11) is 0. The molecule has 8 aromatic heterocycles. The lowest BCUT2D eigenvalue weighted by molar-refractivity contribution is 0.103. The Labute approximate surface area is 443 Å². The first-order valence-corrected chi connectivity index (χ1v) is 29.1. The summed E-state index contributed by atoms with van der Waals surface area (Å²) in [4.78, 5) is 39.2. The van der Waals surface area contributed by atoms with E-state index in [-0.39, 0.29) is 33.5 Å². The first kappa shape index (κ1) is 43.8. The highest BCUT2D eigenvalue weighted by Gasteiger charge is 2.48. The summed E-state index contributed by atoms with van der Waals surface area (Å²) in [5, 5.41) is 39.3. The summed E-state index contributed by atoms with van der Waals surface area (Å²) in [6.07, 6.45) is 3.67. The van der Waals surface area contributed by atoms with Crippen LogP contribution in [0.2, 0.25) is 0 Å². The molecule has 0 saturated heterocycles. The molecule has 0 bridgehead atoms. The van der Waals surface area contributed by atoms with Gasteiger partial charge < -0.3 is 0 Å². The molecular weight excluding hydrogens is 1040 g/mol. The Balaban J connectivity index is 0.780. The molecule has 0 aliphatic heterocycles. The maximum atomic E-state index is 13.6. The van der Waals surface area contributed by atoms with Crippen LogP contribution in [-0.2, 0) is 10.8 Å². The number of benzene rings is 2. The lowest BCUT2D eigenvalue weighted by atomic mass is 9.82. The maximum Gasteiger partial charge on any atom is 0.194 e. The Morgan fingerprint density at radius 3 is 1.18 bits per heavy atom. The van der Waals surface area contributed by atoms with Gasteiger partial charge in [-0.25, -0.2) is 0 Å². The summed E-state index contributed by atoms with van der Waals surface area (Å²) in [6, 6.07) is 35.3. The van der Waals surface area contributed by atoms with E-state index in [1.54, 1.807) is 59.1 Å². The van der Waals surface area contributed by atoms with Crippen LogP contribution >= 0.6 is 90.7 Å². The van der Waals surface area contributed by atoms with Crippen LogP contribution in [0.4, 0.5) is 0 Å². The number of nitrogens with zero attached hydrogens (tertiary/aromatic N) is 4. The SMILES string of the molecule is CC1(C)c2c(sc3cc(-c4ccc(C=C5C(=O)c6ccccc6C5=C(C#N)C#N)s4)sc23)-c2sc3c4c(sc3c21)-c1sc2cc(-c3ccc(C=C5C(=O)c6ccccc6C5=C(C#N)C#N)s3)sc2c1C4(C)C. The van der Waals surface area contributed by atoms with Gasteiger partial charge in [0.05, 0.1) is 38.3 Å². The molecule has 10 aromatic rings. The highest BCUT2D eigenvalue weighted by molar-refractivity contribution is 7.38. The molecule has 0 spiro atoms. The van der Waals surface area contributed by atoms with E-state index in [0.29, 0.717) is 44.5 Å². The summed E-state index contributed by atoms with van der Waals surface area (Å²) in [6.45, 7) is 9.59. The van der Waals surface area contributed by atoms with Crippen molar-refractivity contribution in [3.8, 4) is 63.3 Å². The van der Waals surface area contributed by atoms with E-state index in [2.05, 4.69) is 52.0 Å². The van der Waals surface area contributed by atoms with Crippen molar-refractivity contribution < 1.29 is 9.59 Å². The van der Waals surface area contributed by atoms with Gasteiger partial charge in [-0.2, -0.15) is 21.0 Å². The number of nitriles is 4. The van der Waals surface area contributed by atoms with Crippen LogP contribution in [0.3, 0.4) is 0 Å². The van der Waals surface area contributed by atoms with Crippen LogP contribution in [0.1, 0.15) is 91.5 Å². The number of fused-ring (bicyclic) bond motifs is 15. The van der Waals surface area contributed by atoms with Crippen molar-refractivity contribution in [1.82, 2.24) is 0 Å². The molecular formula is C58H28N4O2S8. The molecule has 0 fully saturated rings. The van der Waals surface area contributed by atoms with Gasteiger partial charge in [-0.15, -0.1) is 90.7 Å². The monoisotopic (exact) mass is 1070 g/mol. The predicted octanol–water partition coefficient (Wildman–Crippen LogP) is 17.7. The third-order valence-electron chi connectivity index (χ3n) is 14.3. The number of ketones is 2. The van der Waals surface area contributed by atoms with Crippen LogP contribution in [-0.4, -0.2) is 11.6 Å². The van der Waals surface area contributed by atoms with Gasteiger partial charge in [0.2, 0.25) is 0 Å². The second-order valence-electron chi connectivity index (χ2n) is 19.0. The van der Waals surface area contributed by atoms with Crippen molar-refractivity contribution in [2.75, 3.05) is 0 Å². The zero-order valence-corrected chi connectivity index (χ0v) is 44.6. The molecule has 0 radical (unpaired) electrons. The molecule has 0 N–H and O–H groups in total. The van der Waals surface area contributed by atoms with Crippen LogP contribution < -0.4 is 0 Å². The van der Waals surface area contributed by atoms with Crippen molar-refractivity contribution in [1.29, 1.82) is 21.0 Å². The fourth-order valence-corrected chi connectivity index (χ4v) is 23.0. The largest absolute Gasteiger partial charge is 0.289 e. The van der Waals surface area contributed by atoms with Crippen LogP contribution in [0, 0.1) is 45.3 Å². The molecule has 0 amide bonds. The molecule has 0 atom stereocenters. The molecule has 14 rings (SSSR count). The van der Waals surface area contributed by atoms with E-state index in [1.807, 2.05) is 129 Å². The standard InChI is InChI=1S/C58H28N4O2S8/c1-57(2)43-49-39(19-37(67-49)35-15-13-27(65-35)17-33-41(25(21-59)22-60)29-9-5-7-11-31(29)47(33)63)69-51(43)53-45(57)55-56(71-53)46-54(72-55)52-44(58(46,3)4)50-40(70-52)20-38(68-50)36-16-14-28(66-36)18-34-42(26(23-61)24-62)30-10-6-8-12-32(30)48(34)64/h5-20H,1-4H3. The minimum absolute atomic E-state index is 0.0592. The van der Waals surface area contributed by atoms with Crippen molar-refractivity contribution in [2.45, 2.75) is 38.5 Å². The Morgan fingerprint density at radius 1 is 0.431 bits per heavy atom. The van der Waals surface area contributed by atoms with Crippen molar-refractivity contribution in [3.05, 3.63) is 161 Å². The molecule has 14 heteroatoms. The molecule has 8 heterocycles. The van der Waals surface area contributed by atoms with E-state index in [4.69, 9.17) is 0 Å². The van der Waals surface area contributed by atoms with Crippen molar-refractivity contribution in [3.63, 3.8) is 0 Å². The summed E-state index contributed by atoms with van der Waals surface area (Å²) in [5.74, 6) is -0.342. The molecule has 4 aliphatic carbocycles. The molecule has 72 heavy (non-hydrogen) atoms. The Morgan fingerprint density at radius 2 is 0.792 bits per heavy atom. The molecule has 6 nitrogen and oxygen atoms in total. The number of hydrogen-bond acceptors (Lipinski definition) is 14. The lowest BCUT2D eigenvalue weighted by Gasteiger charge is -2.21. The summed E-state index contributed by atoms with van der Waals surface area (Å²) in [5.41, 5.74) is 9.10. The predicted molar refractivity (Wildman–Crippen MR) is 302 cm³/mol. The quantitative estimate of drug-likeness (QED) is 0.127. The van der Waals surface area contributed by atoms with Gasteiger partial charge in [-0.05, 0) is 81.9 Å². The molecule has 340 valence electrons. The van der Waals surface area contributed by atoms with Gasteiger partial charge in [0.15, 0.2) is 11.6 Å². The second kappa shape index (κ2) is 15.3. The average Bonchev–Trinajstić information content (AvgIpc) is 4.21. The fourth-order valence-electron chi connectivity index (χ4n) is 11.2. The number of hydrogen-bond donors (Lipinski definition) is 0. The second-order valence-corrected chi connectivity index (χ2v) is 27.4. The fraction of sp³-hybridized carbons (Fsp3) is 0.103. The third kappa shape index (κ3) is 5.78. The zero-order chi connectivity index (χ0) is 49.3. The zero-order valence-electron chi connectivity index (χ0n) is 38.1. The minimum Gasteiger partial charge on any atom is -0.289 e. The maximum absolute atomic E-state index is 13.6. The van der Waals surface area contributed by atoms with Gasteiger partial charge in [-0.1, -0.05) is 76.2 Å². The Hall–Kier alpha value is -6.92. The molecule has 4 aliphatic rings. The number of carbonyl (C=O) groups excluding carboxylic acids is 2. The van der Waals surface area contributed by atoms with Gasteiger partial charge in [-0.3, -0.25) is 9.59 Å².